The van der Waals surface area contributed by atoms with Crippen molar-refractivity contribution in [3.05, 3.63) is 0 Å². The lowest BCUT2D eigenvalue weighted by atomic mass is 9.84. The van der Waals surface area contributed by atoms with Crippen LogP contribution in [-0.4, -0.2) is 12.6 Å². The first kappa shape index (κ1) is 12.0. The number of nitrogens with one attached hydrogen (secondary N) is 1. The van der Waals surface area contributed by atoms with Gasteiger partial charge in [-0.05, 0) is 38.1 Å². The fraction of sp³-hybridized carbons (Fsp3) is 1.00. The summed E-state index contributed by atoms with van der Waals surface area (Å²) in [5, 5.41) is 3.70. The van der Waals surface area contributed by atoms with Crippen LogP contribution in [-0.2, 0) is 0 Å². The lowest BCUT2D eigenvalue weighted by molar-refractivity contribution is 0.273. The van der Waals surface area contributed by atoms with Crippen LogP contribution in [0.25, 0.3) is 0 Å². The summed E-state index contributed by atoms with van der Waals surface area (Å²) < 4.78 is 0. The highest BCUT2D eigenvalue weighted by atomic mass is 14.9. The Balaban J connectivity index is 2.16. The van der Waals surface area contributed by atoms with Gasteiger partial charge in [-0.1, -0.05) is 39.5 Å². The molecule has 14 heavy (non-hydrogen) atoms. The SMILES string of the molecule is CC[C@H](C)CN[C@H](C)C1CCCCC1. The van der Waals surface area contributed by atoms with Gasteiger partial charge in [-0.2, -0.15) is 0 Å². The zero-order valence-corrected chi connectivity index (χ0v) is 10.2. The van der Waals surface area contributed by atoms with Crippen LogP contribution in [0.15, 0.2) is 0 Å². The summed E-state index contributed by atoms with van der Waals surface area (Å²) >= 11 is 0. The first-order valence-electron chi connectivity index (χ1n) is 6.47. The maximum atomic E-state index is 3.70. The second-order valence-corrected chi connectivity index (χ2v) is 5.11. The largest absolute Gasteiger partial charge is 0.314 e. The summed E-state index contributed by atoms with van der Waals surface area (Å²) in [6.45, 7) is 8.19. The van der Waals surface area contributed by atoms with Crippen molar-refractivity contribution in [1.29, 1.82) is 0 Å². The maximum Gasteiger partial charge on any atom is 0.00671 e. The molecule has 0 aliphatic heterocycles. The monoisotopic (exact) mass is 197 g/mol. The van der Waals surface area contributed by atoms with Crippen molar-refractivity contribution in [3.8, 4) is 0 Å². The van der Waals surface area contributed by atoms with Crippen molar-refractivity contribution in [3.63, 3.8) is 0 Å². The van der Waals surface area contributed by atoms with Crippen molar-refractivity contribution in [2.24, 2.45) is 11.8 Å². The van der Waals surface area contributed by atoms with Crippen LogP contribution in [0.3, 0.4) is 0 Å². The van der Waals surface area contributed by atoms with Gasteiger partial charge < -0.3 is 5.32 Å². The summed E-state index contributed by atoms with van der Waals surface area (Å²) in [5.74, 6) is 1.79. The van der Waals surface area contributed by atoms with Crippen LogP contribution in [0.4, 0.5) is 0 Å². The van der Waals surface area contributed by atoms with E-state index in [1.54, 1.807) is 0 Å². The minimum absolute atomic E-state index is 0.740. The fourth-order valence-electron chi connectivity index (χ4n) is 2.33. The first-order chi connectivity index (χ1) is 6.74. The molecule has 0 aromatic heterocycles. The molecule has 0 amide bonds. The number of hydrogen-bond donors (Lipinski definition) is 1. The molecule has 0 saturated heterocycles. The Morgan fingerprint density at radius 2 is 1.79 bits per heavy atom. The average molecular weight is 197 g/mol. The van der Waals surface area contributed by atoms with E-state index in [0.717, 1.165) is 17.9 Å². The lowest BCUT2D eigenvalue weighted by Crippen LogP contribution is -2.37. The second-order valence-electron chi connectivity index (χ2n) is 5.11. The minimum Gasteiger partial charge on any atom is -0.314 e. The fourth-order valence-corrected chi connectivity index (χ4v) is 2.33. The van der Waals surface area contributed by atoms with Gasteiger partial charge in [0.25, 0.3) is 0 Å². The summed E-state index contributed by atoms with van der Waals surface area (Å²) in [6, 6.07) is 0.740. The Labute approximate surface area is 89.7 Å². The smallest absolute Gasteiger partial charge is 0.00671 e. The third-order valence-electron chi connectivity index (χ3n) is 3.84. The Hall–Kier alpha value is -0.0400. The maximum absolute atomic E-state index is 3.70. The Morgan fingerprint density at radius 3 is 2.36 bits per heavy atom. The molecule has 84 valence electrons. The lowest BCUT2D eigenvalue weighted by Gasteiger charge is -2.29. The molecule has 2 atom stereocenters. The first-order valence-corrected chi connectivity index (χ1v) is 6.47. The summed E-state index contributed by atoms with van der Waals surface area (Å²) in [4.78, 5) is 0. The Morgan fingerprint density at radius 1 is 1.14 bits per heavy atom. The number of rotatable bonds is 5. The van der Waals surface area contributed by atoms with E-state index < -0.39 is 0 Å². The molecule has 1 nitrogen and oxygen atoms in total. The summed E-state index contributed by atoms with van der Waals surface area (Å²) in [7, 11) is 0. The molecule has 1 saturated carbocycles. The van der Waals surface area contributed by atoms with E-state index in [4.69, 9.17) is 0 Å². The van der Waals surface area contributed by atoms with E-state index in [9.17, 15) is 0 Å². The topological polar surface area (TPSA) is 12.0 Å². The third-order valence-corrected chi connectivity index (χ3v) is 3.84. The van der Waals surface area contributed by atoms with Gasteiger partial charge >= 0.3 is 0 Å². The average Bonchev–Trinajstić information content (AvgIpc) is 2.26. The van der Waals surface area contributed by atoms with Crippen LogP contribution in [0.1, 0.15) is 59.3 Å². The second kappa shape index (κ2) is 6.44. The highest BCUT2D eigenvalue weighted by molar-refractivity contribution is 4.76. The quantitative estimate of drug-likeness (QED) is 0.710. The van der Waals surface area contributed by atoms with Crippen LogP contribution < -0.4 is 5.32 Å². The van der Waals surface area contributed by atoms with Gasteiger partial charge in [0.2, 0.25) is 0 Å². The highest BCUT2D eigenvalue weighted by Crippen LogP contribution is 2.26. The van der Waals surface area contributed by atoms with Crippen molar-refractivity contribution in [2.75, 3.05) is 6.54 Å². The van der Waals surface area contributed by atoms with Crippen molar-refractivity contribution >= 4 is 0 Å². The molecule has 1 aliphatic carbocycles. The predicted molar refractivity (Wildman–Crippen MR) is 63.5 cm³/mol. The Kier molecular flexibility index (Phi) is 5.54. The standard InChI is InChI=1S/C13H27N/c1-4-11(2)10-14-12(3)13-8-6-5-7-9-13/h11-14H,4-10H2,1-3H3/t11-,12+/m0/s1. The Bertz CT molecular complexity index is 138. The van der Waals surface area contributed by atoms with Gasteiger partial charge in [-0.15, -0.1) is 0 Å². The molecular formula is C13H27N. The molecule has 0 radical (unpaired) electrons. The molecule has 1 heteroatoms. The molecule has 0 aromatic rings. The van der Waals surface area contributed by atoms with Crippen molar-refractivity contribution in [2.45, 2.75) is 65.3 Å². The zero-order chi connectivity index (χ0) is 10.4. The van der Waals surface area contributed by atoms with Gasteiger partial charge in [-0.3, -0.25) is 0 Å². The van der Waals surface area contributed by atoms with E-state index in [-0.39, 0.29) is 0 Å². The van der Waals surface area contributed by atoms with E-state index in [0.29, 0.717) is 0 Å². The van der Waals surface area contributed by atoms with Crippen molar-refractivity contribution < 1.29 is 0 Å². The normalized spacial score (nSPS) is 23.4. The molecule has 0 unspecified atom stereocenters. The predicted octanol–water partition coefficient (Wildman–Crippen LogP) is 3.59. The van der Waals surface area contributed by atoms with Crippen molar-refractivity contribution in [1.82, 2.24) is 5.32 Å². The molecule has 1 rings (SSSR count). The third kappa shape index (κ3) is 4.00. The van der Waals surface area contributed by atoms with Gasteiger partial charge in [0.05, 0.1) is 0 Å². The van der Waals surface area contributed by atoms with Gasteiger partial charge in [0.1, 0.15) is 0 Å². The van der Waals surface area contributed by atoms with Gasteiger partial charge in [0.15, 0.2) is 0 Å². The van der Waals surface area contributed by atoms with E-state index in [1.165, 1.54) is 45.1 Å². The van der Waals surface area contributed by atoms with Gasteiger partial charge in [-0.25, -0.2) is 0 Å². The molecule has 0 aromatic carbocycles. The van der Waals surface area contributed by atoms with E-state index in [1.807, 2.05) is 0 Å². The van der Waals surface area contributed by atoms with E-state index >= 15 is 0 Å². The van der Waals surface area contributed by atoms with E-state index in [2.05, 4.69) is 26.1 Å². The summed E-state index contributed by atoms with van der Waals surface area (Å²) in [5.41, 5.74) is 0. The van der Waals surface area contributed by atoms with Gasteiger partial charge in [0, 0.05) is 6.04 Å². The van der Waals surface area contributed by atoms with Crippen LogP contribution in [0.5, 0.6) is 0 Å². The van der Waals surface area contributed by atoms with Crippen LogP contribution >= 0.6 is 0 Å². The van der Waals surface area contributed by atoms with Crippen LogP contribution in [0.2, 0.25) is 0 Å². The molecule has 1 fully saturated rings. The summed E-state index contributed by atoms with van der Waals surface area (Å²) in [6.07, 6.45) is 8.59. The molecular weight excluding hydrogens is 170 g/mol. The molecule has 1 aliphatic rings. The molecule has 0 heterocycles. The number of hydrogen-bond acceptors (Lipinski definition) is 1. The molecule has 0 bridgehead atoms. The molecule has 0 spiro atoms. The highest BCUT2D eigenvalue weighted by Gasteiger charge is 2.19. The molecule has 1 N–H and O–H groups in total. The van der Waals surface area contributed by atoms with Crippen LogP contribution in [0, 0.1) is 11.8 Å². The minimum atomic E-state index is 0.740. The zero-order valence-electron chi connectivity index (χ0n) is 10.2.